The minimum absolute atomic E-state index is 0.299. The minimum Gasteiger partial charge on any atom is -0.465 e. The Kier molecular flexibility index (Phi) is 4.98. The molecule has 0 unspecified atom stereocenters. The molecule has 2 rings (SSSR count). The highest BCUT2D eigenvalue weighted by Crippen LogP contribution is 2.19. The largest absolute Gasteiger partial charge is 0.465 e. The molecule has 0 aliphatic heterocycles. The maximum atomic E-state index is 11.3. The fourth-order valence-electron chi connectivity index (χ4n) is 1.64. The molecule has 0 fully saturated rings. The van der Waals surface area contributed by atoms with E-state index in [4.69, 9.17) is 0 Å². The first kappa shape index (κ1) is 13.6. The molecule has 19 heavy (non-hydrogen) atoms. The first-order valence-corrected chi connectivity index (χ1v) is 6.98. The fourth-order valence-corrected chi connectivity index (χ4v) is 2.54. The molecule has 0 N–H and O–H groups in total. The van der Waals surface area contributed by atoms with Gasteiger partial charge in [-0.1, -0.05) is 6.07 Å². The number of hydrogen-bond acceptors (Lipinski definition) is 4. The van der Waals surface area contributed by atoms with Gasteiger partial charge in [0.05, 0.1) is 12.7 Å². The Morgan fingerprint density at radius 1 is 1.26 bits per heavy atom. The number of rotatable bonds is 5. The minimum atomic E-state index is -0.299. The molecule has 0 saturated heterocycles. The van der Waals surface area contributed by atoms with Crippen LogP contribution in [0.5, 0.6) is 0 Å². The Morgan fingerprint density at radius 2 is 2.05 bits per heavy atom. The monoisotopic (exact) mass is 273 g/mol. The molecular formula is C15H15NO2S. The molecule has 0 saturated carbocycles. The number of benzene rings is 1. The molecule has 0 spiro atoms. The second-order valence-electron chi connectivity index (χ2n) is 3.98. The molecule has 0 radical (unpaired) electrons. The number of pyridine rings is 1. The van der Waals surface area contributed by atoms with Gasteiger partial charge in [0.2, 0.25) is 0 Å². The van der Waals surface area contributed by atoms with E-state index in [0.717, 1.165) is 17.1 Å². The first-order chi connectivity index (χ1) is 9.29. The van der Waals surface area contributed by atoms with Crippen LogP contribution in [0.1, 0.15) is 15.9 Å². The Labute approximate surface area is 117 Å². The zero-order chi connectivity index (χ0) is 13.5. The second-order valence-corrected chi connectivity index (χ2v) is 5.14. The van der Waals surface area contributed by atoms with Gasteiger partial charge in [-0.2, -0.15) is 0 Å². The highest BCUT2D eigenvalue weighted by molar-refractivity contribution is 7.99. The molecule has 1 aromatic carbocycles. The van der Waals surface area contributed by atoms with Crippen molar-refractivity contribution in [3.05, 3.63) is 59.9 Å². The molecule has 0 aliphatic rings. The van der Waals surface area contributed by atoms with E-state index < -0.39 is 0 Å². The van der Waals surface area contributed by atoms with Crippen LogP contribution in [0.4, 0.5) is 0 Å². The van der Waals surface area contributed by atoms with Crippen molar-refractivity contribution in [3.63, 3.8) is 0 Å². The number of ether oxygens (including phenoxy) is 1. The molecule has 1 heterocycles. The van der Waals surface area contributed by atoms with E-state index in [-0.39, 0.29) is 5.97 Å². The third-order valence-electron chi connectivity index (χ3n) is 2.66. The zero-order valence-corrected chi connectivity index (χ0v) is 11.5. The second kappa shape index (κ2) is 6.95. The normalized spacial score (nSPS) is 10.2. The van der Waals surface area contributed by atoms with Crippen molar-refractivity contribution in [1.82, 2.24) is 4.98 Å². The molecule has 3 nitrogen and oxygen atoms in total. The lowest BCUT2D eigenvalue weighted by Gasteiger charge is -2.03. The third-order valence-corrected chi connectivity index (χ3v) is 3.67. The summed E-state index contributed by atoms with van der Waals surface area (Å²) in [5.41, 5.74) is 1.82. The average Bonchev–Trinajstić information content (AvgIpc) is 2.48. The topological polar surface area (TPSA) is 39.2 Å². The lowest BCUT2D eigenvalue weighted by Crippen LogP contribution is -2.00. The van der Waals surface area contributed by atoms with Gasteiger partial charge in [-0.3, -0.25) is 4.98 Å². The Bertz CT molecular complexity index is 526. The van der Waals surface area contributed by atoms with Crippen LogP contribution in [-0.2, 0) is 11.2 Å². The molecule has 0 bridgehead atoms. The Balaban J connectivity index is 1.85. The van der Waals surface area contributed by atoms with Gasteiger partial charge < -0.3 is 4.74 Å². The van der Waals surface area contributed by atoms with Crippen LogP contribution < -0.4 is 0 Å². The van der Waals surface area contributed by atoms with Gasteiger partial charge in [0.1, 0.15) is 0 Å². The van der Waals surface area contributed by atoms with Crippen molar-refractivity contribution in [2.75, 3.05) is 12.9 Å². The lowest BCUT2D eigenvalue weighted by atomic mass is 10.2. The van der Waals surface area contributed by atoms with Crippen LogP contribution in [0, 0.1) is 0 Å². The average molecular weight is 273 g/mol. The van der Waals surface area contributed by atoms with Crippen LogP contribution in [0.2, 0.25) is 0 Å². The quantitative estimate of drug-likeness (QED) is 0.619. The highest BCUT2D eigenvalue weighted by atomic mass is 32.2. The summed E-state index contributed by atoms with van der Waals surface area (Å²) in [5, 5.41) is 0. The molecule has 0 aliphatic carbocycles. The summed E-state index contributed by atoms with van der Waals surface area (Å²) >= 11 is 1.76. The zero-order valence-electron chi connectivity index (χ0n) is 10.7. The summed E-state index contributed by atoms with van der Waals surface area (Å²) in [7, 11) is 1.39. The summed E-state index contributed by atoms with van der Waals surface area (Å²) in [6.45, 7) is 0. The summed E-state index contributed by atoms with van der Waals surface area (Å²) < 4.78 is 4.66. The fraction of sp³-hybridized carbons (Fsp3) is 0.200. The molecule has 4 heteroatoms. The van der Waals surface area contributed by atoms with Crippen molar-refractivity contribution in [1.29, 1.82) is 0 Å². The van der Waals surface area contributed by atoms with E-state index in [0.29, 0.717) is 5.56 Å². The van der Waals surface area contributed by atoms with E-state index in [1.165, 1.54) is 12.7 Å². The van der Waals surface area contributed by atoms with Gasteiger partial charge in [0.25, 0.3) is 0 Å². The standard InChI is InChI=1S/C15H15NO2S/c1-18-15(17)13-4-6-14(7-5-13)19-10-8-12-3-2-9-16-11-12/h2-7,9,11H,8,10H2,1H3. The van der Waals surface area contributed by atoms with Crippen molar-refractivity contribution >= 4 is 17.7 Å². The van der Waals surface area contributed by atoms with Crippen LogP contribution >= 0.6 is 11.8 Å². The van der Waals surface area contributed by atoms with Crippen LogP contribution in [0.15, 0.2) is 53.7 Å². The molecular weight excluding hydrogens is 258 g/mol. The van der Waals surface area contributed by atoms with Gasteiger partial charge >= 0.3 is 5.97 Å². The van der Waals surface area contributed by atoms with E-state index in [1.54, 1.807) is 30.1 Å². The number of methoxy groups -OCH3 is 1. The predicted molar refractivity (Wildman–Crippen MR) is 76.4 cm³/mol. The summed E-state index contributed by atoms with van der Waals surface area (Å²) in [6, 6.07) is 11.5. The van der Waals surface area contributed by atoms with Gasteiger partial charge in [0, 0.05) is 23.0 Å². The number of esters is 1. The van der Waals surface area contributed by atoms with Gasteiger partial charge in [-0.05, 0) is 42.3 Å². The molecule has 0 amide bonds. The number of nitrogens with zero attached hydrogens (tertiary/aromatic N) is 1. The van der Waals surface area contributed by atoms with Crippen molar-refractivity contribution in [2.45, 2.75) is 11.3 Å². The predicted octanol–water partition coefficient (Wildman–Crippen LogP) is 3.20. The maximum absolute atomic E-state index is 11.3. The SMILES string of the molecule is COC(=O)c1ccc(SCCc2cccnc2)cc1. The maximum Gasteiger partial charge on any atom is 0.337 e. The number of aryl methyl sites for hydroxylation is 1. The molecule has 2 aromatic rings. The summed E-state index contributed by atoms with van der Waals surface area (Å²) in [5.74, 6) is 0.690. The number of thioether (sulfide) groups is 1. The highest BCUT2D eigenvalue weighted by Gasteiger charge is 2.04. The van der Waals surface area contributed by atoms with Crippen LogP contribution in [0.3, 0.4) is 0 Å². The smallest absolute Gasteiger partial charge is 0.337 e. The van der Waals surface area contributed by atoms with Crippen LogP contribution in [0.25, 0.3) is 0 Å². The number of carbonyl (C=O) groups excluding carboxylic acids is 1. The van der Waals surface area contributed by atoms with E-state index in [2.05, 4.69) is 15.8 Å². The van der Waals surface area contributed by atoms with E-state index >= 15 is 0 Å². The summed E-state index contributed by atoms with van der Waals surface area (Å²) in [6.07, 6.45) is 4.65. The van der Waals surface area contributed by atoms with E-state index in [1.807, 2.05) is 24.4 Å². The summed E-state index contributed by atoms with van der Waals surface area (Å²) in [4.78, 5) is 16.5. The van der Waals surface area contributed by atoms with Gasteiger partial charge in [-0.25, -0.2) is 4.79 Å². The number of carbonyl (C=O) groups is 1. The molecule has 1 aromatic heterocycles. The van der Waals surface area contributed by atoms with Gasteiger partial charge in [-0.15, -0.1) is 11.8 Å². The third kappa shape index (κ3) is 4.10. The van der Waals surface area contributed by atoms with Gasteiger partial charge in [0.15, 0.2) is 0 Å². The molecule has 98 valence electrons. The Hall–Kier alpha value is -1.81. The number of hydrogen-bond donors (Lipinski definition) is 0. The van der Waals surface area contributed by atoms with Crippen molar-refractivity contribution < 1.29 is 9.53 Å². The Morgan fingerprint density at radius 3 is 2.68 bits per heavy atom. The van der Waals surface area contributed by atoms with Crippen molar-refractivity contribution in [2.24, 2.45) is 0 Å². The first-order valence-electron chi connectivity index (χ1n) is 5.99. The van der Waals surface area contributed by atoms with Crippen molar-refractivity contribution in [3.8, 4) is 0 Å². The van der Waals surface area contributed by atoms with E-state index in [9.17, 15) is 4.79 Å². The molecule has 0 atom stereocenters. The number of aromatic nitrogens is 1. The van der Waals surface area contributed by atoms with Crippen LogP contribution in [-0.4, -0.2) is 23.8 Å². The lowest BCUT2D eigenvalue weighted by molar-refractivity contribution is 0.0600.